The number of ether oxygens (including phenoxy) is 1. The quantitative estimate of drug-likeness (QED) is 0.461. The first-order chi connectivity index (χ1) is 15.1. The molecule has 2 amide bonds. The summed E-state index contributed by atoms with van der Waals surface area (Å²) in [5.74, 6) is -0.262. The van der Waals surface area contributed by atoms with Crippen molar-refractivity contribution < 1.29 is 19.4 Å². The fourth-order valence-corrected chi connectivity index (χ4v) is 3.90. The maximum atomic E-state index is 12.9. The summed E-state index contributed by atoms with van der Waals surface area (Å²) in [5, 5.41) is 22.5. The van der Waals surface area contributed by atoms with Crippen LogP contribution in [0, 0.1) is 0 Å². The van der Waals surface area contributed by atoms with E-state index in [4.69, 9.17) is 4.74 Å². The second-order valence-corrected chi connectivity index (χ2v) is 7.49. The highest BCUT2D eigenvalue weighted by molar-refractivity contribution is 6.02. The number of nitrogens with zero attached hydrogens (tertiary/aromatic N) is 1. The number of rotatable bonds is 7. The molecule has 4 N–H and O–H groups in total. The van der Waals surface area contributed by atoms with Gasteiger partial charge in [0.25, 0.3) is 11.8 Å². The zero-order valence-corrected chi connectivity index (χ0v) is 17.1. The summed E-state index contributed by atoms with van der Waals surface area (Å²) in [6.07, 6.45) is 4.11. The molecule has 0 aliphatic carbocycles. The molecule has 1 atom stereocenters. The first-order valence-electron chi connectivity index (χ1n) is 10.0. The average molecular weight is 420 g/mol. The van der Waals surface area contributed by atoms with E-state index in [2.05, 4.69) is 20.8 Å². The zero-order chi connectivity index (χ0) is 21.8. The number of benzene rings is 2. The molecule has 0 radical (unpaired) electrons. The van der Waals surface area contributed by atoms with E-state index in [9.17, 15) is 14.7 Å². The number of H-pyrrole nitrogens is 1. The normalized spacial score (nSPS) is 17.0. The van der Waals surface area contributed by atoms with Gasteiger partial charge in [-0.2, -0.15) is 5.10 Å². The number of aliphatic hydroxyl groups is 1. The number of aromatic nitrogens is 2. The van der Waals surface area contributed by atoms with Crippen LogP contribution in [0.15, 0.2) is 54.9 Å². The predicted octanol–water partition coefficient (Wildman–Crippen LogP) is 1.41. The van der Waals surface area contributed by atoms with E-state index in [1.165, 1.54) is 13.1 Å². The summed E-state index contributed by atoms with van der Waals surface area (Å²) < 4.78 is 5.92. The van der Waals surface area contributed by atoms with Crippen molar-refractivity contribution in [3.8, 4) is 5.75 Å². The monoisotopic (exact) mass is 420 g/mol. The number of aromatic amines is 1. The maximum Gasteiger partial charge on any atom is 0.254 e. The SMILES string of the molecule is CNC(=O)c1cc(C(=O)NCCc2cn[nH]c2)cc2c1OCC2(CO)c1ccccc1. The van der Waals surface area contributed by atoms with Crippen molar-refractivity contribution in [3.05, 3.63) is 82.7 Å². The van der Waals surface area contributed by atoms with Gasteiger partial charge in [0.2, 0.25) is 0 Å². The Kier molecular flexibility index (Phi) is 5.73. The third-order valence-electron chi connectivity index (χ3n) is 5.65. The van der Waals surface area contributed by atoms with Gasteiger partial charge in [-0.1, -0.05) is 30.3 Å². The molecule has 0 fully saturated rings. The largest absolute Gasteiger partial charge is 0.491 e. The maximum absolute atomic E-state index is 12.9. The van der Waals surface area contributed by atoms with E-state index in [1.54, 1.807) is 18.5 Å². The van der Waals surface area contributed by atoms with E-state index >= 15 is 0 Å². The molecule has 2 heterocycles. The Morgan fingerprint density at radius 3 is 2.71 bits per heavy atom. The molecule has 160 valence electrons. The summed E-state index contributed by atoms with van der Waals surface area (Å²) in [6, 6.07) is 12.7. The number of carbonyl (C=O) groups excluding carboxylic acids is 2. The summed E-state index contributed by atoms with van der Waals surface area (Å²) in [7, 11) is 1.53. The predicted molar refractivity (Wildman–Crippen MR) is 114 cm³/mol. The van der Waals surface area contributed by atoms with Crippen molar-refractivity contribution in [1.82, 2.24) is 20.8 Å². The summed E-state index contributed by atoms with van der Waals surface area (Å²) >= 11 is 0. The van der Waals surface area contributed by atoms with Crippen LogP contribution in [-0.2, 0) is 11.8 Å². The molecule has 8 heteroatoms. The van der Waals surface area contributed by atoms with Gasteiger partial charge in [-0.15, -0.1) is 0 Å². The lowest BCUT2D eigenvalue weighted by atomic mass is 9.76. The van der Waals surface area contributed by atoms with E-state index in [-0.39, 0.29) is 30.6 Å². The second-order valence-electron chi connectivity index (χ2n) is 7.49. The van der Waals surface area contributed by atoms with Crippen LogP contribution in [0.1, 0.15) is 37.4 Å². The standard InChI is InChI=1S/C23H24N4O4/c1-24-22(30)18-9-16(21(29)25-8-7-15-11-26-27-12-15)10-19-20(18)31-14-23(19,13-28)17-5-3-2-4-6-17/h2-6,9-12,28H,7-8,13-14H2,1H3,(H,24,30)(H,25,29)(H,26,27). The summed E-state index contributed by atoms with van der Waals surface area (Å²) in [5.41, 5.74) is 2.22. The van der Waals surface area contributed by atoms with E-state index in [1.807, 2.05) is 30.3 Å². The first-order valence-corrected chi connectivity index (χ1v) is 10.0. The van der Waals surface area contributed by atoms with Gasteiger partial charge in [0.1, 0.15) is 12.4 Å². The summed E-state index contributed by atoms with van der Waals surface area (Å²) in [4.78, 5) is 25.5. The molecule has 1 unspecified atom stereocenters. The minimum Gasteiger partial charge on any atom is -0.491 e. The van der Waals surface area contributed by atoms with Crippen LogP contribution in [0.3, 0.4) is 0 Å². The van der Waals surface area contributed by atoms with Gasteiger partial charge in [0.05, 0.1) is 23.8 Å². The van der Waals surface area contributed by atoms with Crippen LogP contribution >= 0.6 is 0 Å². The Labute approximate surface area is 179 Å². The first kappa shape index (κ1) is 20.6. The van der Waals surface area contributed by atoms with Crippen LogP contribution in [-0.4, -0.2) is 53.9 Å². The van der Waals surface area contributed by atoms with Crippen LogP contribution in [0.5, 0.6) is 5.75 Å². The Bertz CT molecular complexity index is 1080. The van der Waals surface area contributed by atoms with Crippen molar-refractivity contribution in [2.75, 3.05) is 26.8 Å². The van der Waals surface area contributed by atoms with Gasteiger partial charge in [-0.25, -0.2) is 0 Å². The molecule has 8 nitrogen and oxygen atoms in total. The molecule has 0 saturated heterocycles. The van der Waals surface area contributed by atoms with Crippen molar-refractivity contribution in [2.24, 2.45) is 0 Å². The number of nitrogens with one attached hydrogen (secondary N) is 3. The van der Waals surface area contributed by atoms with Gasteiger partial charge in [0.15, 0.2) is 0 Å². The van der Waals surface area contributed by atoms with Gasteiger partial charge < -0.3 is 20.5 Å². The smallest absolute Gasteiger partial charge is 0.254 e. The molecule has 0 spiro atoms. The molecule has 2 aromatic carbocycles. The fraction of sp³-hybridized carbons (Fsp3) is 0.261. The molecular formula is C23H24N4O4. The lowest BCUT2D eigenvalue weighted by Crippen LogP contribution is -2.34. The number of carbonyl (C=O) groups is 2. The minimum absolute atomic E-state index is 0.179. The number of fused-ring (bicyclic) bond motifs is 1. The zero-order valence-electron chi connectivity index (χ0n) is 17.1. The highest BCUT2D eigenvalue weighted by Gasteiger charge is 2.44. The number of hydrogen-bond acceptors (Lipinski definition) is 5. The van der Waals surface area contributed by atoms with E-state index in [0.29, 0.717) is 29.8 Å². The molecule has 1 aliphatic heterocycles. The van der Waals surface area contributed by atoms with Crippen LogP contribution in [0.25, 0.3) is 0 Å². The molecule has 1 aliphatic rings. The Balaban J connectivity index is 1.71. The van der Waals surface area contributed by atoms with Gasteiger partial charge >= 0.3 is 0 Å². The molecule has 31 heavy (non-hydrogen) atoms. The van der Waals surface area contributed by atoms with Crippen LogP contribution in [0.2, 0.25) is 0 Å². The molecule has 1 aromatic heterocycles. The average Bonchev–Trinajstić information content (AvgIpc) is 3.46. The lowest BCUT2D eigenvalue weighted by molar-refractivity contribution is 0.0953. The Morgan fingerprint density at radius 1 is 1.23 bits per heavy atom. The van der Waals surface area contributed by atoms with Gasteiger partial charge in [-0.05, 0) is 29.7 Å². The van der Waals surface area contributed by atoms with Crippen molar-refractivity contribution in [1.29, 1.82) is 0 Å². The molecular weight excluding hydrogens is 396 g/mol. The molecule has 3 aromatic rings. The molecule has 0 saturated carbocycles. The highest BCUT2D eigenvalue weighted by Crippen LogP contribution is 2.45. The minimum atomic E-state index is -0.855. The number of aliphatic hydroxyl groups excluding tert-OH is 1. The van der Waals surface area contributed by atoms with Crippen molar-refractivity contribution >= 4 is 11.8 Å². The topological polar surface area (TPSA) is 116 Å². The Hall–Kier alpha value is -3.65. The number of hydrogen-bond donors (Lipinski definition) is 4. The lowest BCUT2D eigenvalue weighted by Gasteiger charge is -2.26. The van der Waals surface area contributed by atoms with Gasteiger partial charge in [-0.3, -0.25) is 14.7 Å². The van der Waals surface area contributed by atoms with Gasteiger partial charge in [0, 0.05) is 30.9 Å². The third-order valence-corrected chi connectivity index (χ3v) is 5.65. The van der Waals surface area contributed by atoms with E-state index < -0.39 is 5.41 Å². The molecule has 4 rings (SSSR count). The van der Waals surface area contributed by atoms with E-state index in [0.717, 1.165) is 11.1 Å². The summed E-state index contributed by atoms with van der Waals surface area (Å²) in [6.45, 7) is 0.381. The van der Waals surface area contributed by atoms with Crippen molar-refractivity contribution in [3.63, 3.8) is 0 Å². The van der Waals surface area contributed by atoms with Crippen LogP contribution in [0.4, 0.5) is 0 Å². The second kappa shape index (κ2) is 8.61. The van der Waals surface area contributed by atoms with Crippen molar-refractivity contribution in [2.45, 2.75) is 11.8 Å². The molecule has 0 bridgehead atoms. The van der Waals surface area contributed by atoms with Crippen LogP contribution < -0.4 is 15.4 Å². The fourth-order valence-electron chi connectivity index (χ4n) is 3.90. The highest BCUT2D eigenvalue weighted by atomic mass is 16.5. The number of amides is 2. The third kappa shape index (κ3) is 3.77. The Morgan fingerprint density at radius 2 is 2.03 bits per heavy atom.